The van der Waals surface area contributed by atoms with E-state index in [1.807, 2.05) is 20.8 Å². The maximum Gasteiger partial charge on any atom is 0.326 e. The third kappa shape index (κ3) is 3.43. The summed E-state index contributed by atoms with van der Waals surface area (Å²) in [6.07, 6.45) is -0.577. The summed E-state index contributed by atoms with van der Waals surface area (Å²) >= 11 is 0. The second kappa shape index (κ2) is 5.24. The average Bonchev–Trinajstić information content (AvgIpc) is 2.58. The monoisotopic (exact) mass is 258 g/mol. The summed E-state index contributed by atoms with van der Waals surface area (Å²) in [5, 5.41) is 18.5. The Bertz CT molecular complexity index is 337. The van der Waals surface area contributed by atoms with E-state index in [1.165, 1.54) is 4.90 Å². The highest BCUT2D eigenvalue weighted by atomic mass is 16.4. The lowest BCUT2D eigenvalue weighted by Crippen LogP contribution is -2.45. The Hall–Kier alpha value is -1.14. The Morgan fingerprint density at radius 3 is 2.44 bits per heavy atom. The highest BCUT2D eigenvalue weighted by Crippen LogP contribution is 2.24. The molecule has 0 aromatic heterocycles. The fourth-order valence-corrected chi connectivity index (χ4v) is 1.94. The van der Waals surface area contributed by atoms with Gasteiger partial charge in [-0.2, -0.15) is 0 Å². The maximum absolute atomic E-state index is 12.0. The summed E-state index contributed by atoms with van der Waals surface area (Å²) in [6.45, 7) is 5.86. The van der Waals surface area contributed by atoms with Crippen LogP contribution in [-0.2, 0) is 9.59 Å². The number of rotatable bonds is 3. The van der Waals surface area contributed by atoms with Gasteiger partial charge in [-0.25, -0.2) is 4.79 Å². The fourth-order valence-electron chi connectivity index (χ4n) is 1.94. The predicted octanol–water partition coefficient (Wildman–Crippen LogP) is -0.204. The van der Waals surface area contributed by atoms with Gasteiger partial charge in [-0.1, -0.05) is 20.8 Å². The number of nitrogens with two attached hydrogens (primary N) is 1. The summed E-state index contributed by atoms with van der Waals surface area (Å²) in [5.41, 5.74) is 5.70. The zero-order valence-electron chi connectivity index (χ0n) is 11.1. The summed E-state index contributed by atoms with van der Waals surface area (Å²) in [4.78, 5) is 24.3. The standard InChI is InChI=1S/C12H22N2O4/c1-12(2,3)9(13)5-10(16)14-6-7(15)4-8(14)11(17)18/h7-9,15H,4-6,13H2,1-3H3,(H,17,18)/t7?,8-,9?/m0/s1. The zero-order valence-corrected chi connectivity index (χ0v) is 11.1. The molecule has 0 spiro atoms. The van der Waals surface area contributed by atoms with Crippen LogP contribution in [0.1, 0.15) is 33.6 Å². The van der Waals surface area contributed by atoms with Crippen LogP contribution in [0, 0.1) is 5.41 Å². The normalized spacial score (nSPS) is 26.2. The van der Waals surface area contributed by atoms with Crippen LogP contribution in [0.4, 0.5) is 0 Å². The molecule has 1 saturated heterocycles. The highest BCUT2D eigenvalue weighted by Gasteiger charge is 2.39. The Morgan fingerprint density at radius 1 is 1.44 bits per heavy atom. The van der Waals surface area contributed by atoms with Gasteiger partial charge < -0.3 is 20.8 Å². The van der Waals surface area contributed by atoms with Crippen molar-refractivity contribution in [3.63, 3.8) is 0 Å². The van der Waals surface area contributed by atoms with E-state index in [1.54, 1.807) is 0 Å². The van der Waals surface area contributed by atoms with E-state index >= 15 is 0 Å². The number of amides is 1. The molecule has 1 rings (SSSR count). The predicted molar refractivity (Wildman–Crippen MR) is 65.8 cm³/mol. The lowest BCUT2D eigenvalue weighted by Gasteiger charge is -2.29. The number of hydrogen-bond acceptors (Lipinski definition) is 4. The molecule has 1 amide bonds. The van der Waals surface area contributed by atoms with E-state index in [0.717, 1.165) is 0 Å². The average molecular weight is 258 g/mol. The van der Waals surface area contributed by atoms with Crippen molar-refractivity contribution in [2.45, 2.75) is 51.8 Å². The lowest BCUT2D eigenvalue weighted by molar-refractivity contribution is -0.148. The number of aliphatic carboxylic acids is 1. The first-order valence-corrected chi connectivity index (χ1v) is 6.09. The first kappa shape index (κ1) is 14.9. The first-order chi connectivity index (χ1) is 8.12. The zero-order chi connectivity index (χ0) is 14.1. The number of carbonyl (C=O) groups is 2. The van der Waals surface area contributed by atoms with E-state index < -0.39 is 18.1 Å². The molecule has 0 bridgehead atoms. The van der Waals surface area contributed by atoms with Crippen molar-refractivity contribution < 1.29 is 19.8 Å². The van der Waals surface area contributed by atoms with Crippen LogP contribution in [0.3, 0.4) is 0 Å². The van der Waals surface area contributed by atoms with Gasteiger partial charge in [-0.3, -0.25) is 4.79 Å². The summed E-state index contributed by atoms with van der Waals surface area (Å²) in [6, 6.07) is -1.27. The van der Waals surface area contributed by atoms with Gasteiger partial charge in [-0.15, -0.1) is 0 Å². The molecule has 1 fully saturated rings. The largest absolute Gasteiger partial charge is 0.480 e. The van der Waals surface area contributed by atoms with E-state index in [0.29, 0.717) is 0 Å². The summed E-state index contributed by atoms with van der Waals surface area (Å²) < 4.78 is 0. The van der Waals surface area contributed by atoms with Crippen LogP contribution < -0.4 is 5.73 Å². The second-order valence-corrected chi connectivity index (χ2v) is 5.97. The maximum atomic E-state index is 12.0. The molecule has 1 aliphatic heterocycles. The smallest absolute Gasteiger partial charge is 0.326 e. The molecule has 0 saturated carbocycles. The minimum Gasteiger partial charge on any atom is -0.480 e. The molecule has 1 heterocycles. The quantitative estimate of drug-likeness (QED) is 0.650. The van der Waals surface area contributed by atoms with E-state index in [-0.39, 0.29) is 36.8 Å². The number of carboxylic acid groups (broad SMARTS) is 1. The molecular formula is C12H22N2O4. The van der Waals surface area contributed by atoms with Crippen molar-refractivity contribution in [2.24, 2.45) is 11.1 Å². The SMILES string of the molecule is CC(C)(C)C(N)CC(=O)N1CC(O)C[C@H]1C(=O)O. The molecule has 0 radical (unpaired) electrons. The Kier molecular flexibility index (Phi) is 4.34. The Balaban J connectivity index is 2.69. The first-order valence-electron chi connectivity index (χ1n) is 6.09. The van der Waals surface area contributed by atoms with E-state index in [2.05, 4.69) is 0 Å². The van der Waals surface area contributed by atoms with Crippen molar-refractivity contribution in [1.82, 2.24) is 4.90 Å². The molecular weight excluding hydrogens is 236 g/mol. The third-order valence-corrected chi connectivity index (χ3v) is 3.39. The van der Waals surface area contributed by atoms with Crippen LogP contribution in [-0.4, -0.2) is 51.7 Å². The van der Waals surface area contributed by atoms with Gasteiger partial charge in [0.05, 0.1) is 6.10 Å². The van der Waals surface area contributed by atoms with Crippen LogP contribution in [0.2, 0.25) is 0 Å². The third-order valence-electron chi connectivity index (χ3n) is 3.39. The van der Waals surface area contributed by atoms with Crippen molar-refractivity contribution in [3.8, 4) is 0 Å². The summed E-state index contributed by atoms with van der Waals surface area (Å²) in [5.74, 6) is -1.38. The molecule has 104 valence electrons. The number of carboxylic acids is 1. The number of aliphatic hydroxyl groups excluding tert-OH is 1. The topological polar surface area (TPSA) is 104 Å². The molecule has 2 unspecified atom stereocenters. The summed E-state index contributed by atoms with van der Waals surface area (Å²) in [7, 11) is 0. The second-order valence-electron chi connectivity index (χ2n) is 5.97. The van der Waals surface area contributed by atoms with Crippen LogP contribution >= 0.6 is 0 Å². The van der Waals surface area contributed by atoms with Gasteiger partial charge in [0.2, 0.25) is 5.91 Å². The molecule has 18 heavy (non-hydrogen) atoms. The van der Waals surface area contributed by atoms with Crippen molar-refractivity contribution in [1.29, 1.82) is 0 Å². The highest BCUT2D eigenvalue weighted by molar-refractivity contribution is 5.84. The number of nitrogens with zero attached hydrogens (tertiary/aromatic N) is 1. The van der Waals surface area contributed by atoms with Gasteiger partial charge in [0, 0.05) is 25.4 Å². The van der Waals surface area contributed by atoms with E-state index in [9.17, 15) is 14.7 Å². The van der Waals surface area contributed by atoms with Crippen molar-refractivity contribution in [3.05, 3.63) is 0 Å². The fraction of sp³-hybridized carbons (Fsp3) is 0.833. The number of carbonyl (C=O) groups excluding carboxylic acids is 1. The van der Waals surface area contributed by atoms with Crippen molar-refractivity contribution >= 4 is 11.9 Å². The van der Waals surface area contributed by atoms with Crippen LogP contribution in [0.15, 0.2) is 0 Å². The molecule has 0 aromatic carbocycles. The molecule has 6 heteroatoms. The van der Waals surface area contributed by atoms with Gasteiger partial charge in [0.25, 0.3) is 0 Å². The van der Waals surface area contributed by atoms with Gasteiger partial charge >= 0.3 is 5.97 Å². The van der Waals surface area contributed by atoms with Crippen LogP contribution in [0.5, 0.6) is 0 Å². The van der Waals surface area contributed by atoms with Crippen molar-refractivity contribution in [2.75, 3.05) is 6.54 Å². The Morgan fingerprint density at radius 2 is 2.00 bits per heavy atom. The number of hydrogen-bond donors (Lipinski definition) is 3. The molecule has 4 N–H and O–H groups in total. The Labute approximate surface area is 107 Å². The minimum absolute atomic E-state index is 0.0761. The molecule has 0 aromatic rings. The number of aliphatic hydroxyl groups is 1. The molecule has 0 aliphatic carbocycles. The molecule has 3 atom stereocenters. The van der Waals surface area contributed by atoms with Gasteiger partial charge in [0.15, 0.2) is 0 Å². The lowest BCUT2D eigenvalue weighted by atomic mass is 9.85. The van der Waals surface area contributed by atoms with Gasteiger partial charge in [-0.05, 0) is 5.41 Å². The van der Waals surface area contributed by atoms with Crippen LogP contribution in [0.25, 0.3) is 0 Å². The van der Waals surface area contributed by atoms with Gasteiger partial charge in [0.1, 0.15) is 6.04 Å². The number of β-amino-alcohol motifs (C(OH)–C–C–N with tert-alkyl or cyclic N) is 1. The molecule has 6 nitrogen and oxygen atoms in total. The number of likely N-dealkylation sites (tertiary alicyclic amines) is 1. The van der Waals surface area contributed by atoms with E-state index in [4.69, 9.17) is 10.8 Å². The molecule has 1 aliphatic rings. The minimum atomic E-state index is -1.08.